The van der Waals surface area contributed by atoms with Crippen molar-refractivity contribution in [2.45, 2.75) is 19.3 Å². The zero-order valence-electron chi connectivity index (χ0n) is 9.12. The number of rotatable bonds is 3. The summed E-state index contributed by atoms with van der Waals surface area (Å²) in [6.07, 6.45) is 1.27. The third-order valence-corrected chi connectivity index (χ3v) is 4.02. The first-order valence-electron chi connectivity index (χ1n) is 4.64. The van der Waals surface area contributed by atoms with E-state index in [1.165, 1.54) is 6.26 Å². The lowest BCUT2D eigenvalue weighted by molar-refractivity contribution is 0.552. The van der Waals surface area contributed by atoms with Gasteiger partial charge in [-0.25, -0.2) is 8.42 Å². The average Bonchev–Trinajstić information content (AvgIpc) is 2.00. The lowest BCUT2D eigenvalue weighted by Crippen LogP contribution is -2.27. The molecule has 1 aromatic carbocycles. The molecule has 0 aliphatic rings. The summed E-state index contributed by atoms with van der Waals surface area (Å²) in [4.78, 5) is 0. The smallest absolute Gasteiger partial charge is 0.148 e. The van der Waals surface area contributed by atoms with Crippen LogP contribution in [0, 0.1) is 0 Å². The van der Waals surface area contributed by atoms with Crippen LogP contribution >= 0.6 is 15.9 Å². The lowest BCUT2D eigenvalue weighted by Gasteiger charge is -2.24. The normalized spacial score (nSPS) is 12.8. The van der Waals surface area contributed by atoms with Gasteiger partial charge in [0.05, 0.1) is 5.75 Å². The Morgan fingerprint density at radius 1 is 1.20 bits per heavy atom. The molecule has 84 valence electrons. The van der Waals surface area contributed by atoms with Crippen LogP contribution in [0.25, 0.3) is 0 Å². The summed E-state index contributed by atoms with van der Waals surface area (Å²) in [5.74, 6) is 0.168. The SMILES string of the molecule is CC(C)(CS(C)(=O)=O)c1ccc(Br)cc1. The largest absolute Gasteiger partial charge is 0.229 e. The highest BCUT2D eigenvalue weighted by molar-refractivity contribution is 9.10. The molecule has 0 fully saturated rings. The van der Waals surface area contributed by atoms with Gasteiger partial charge in [-0.2, -0.15) is 0 Å². The molecule has 0 bridgehead atoms. The van der Waals surface area contributed by atoms with E-state index < -0.39 is 9.84 Å². The Morgan fingerprint density at radius 3 is 2.07 bits per heavy atom. The van der Waals surface area contributed by atoms with Crippen molar-refractivity contribution in [1.82, 2.24) is 0 Å². The zero-order valence-corrected chi connectivity index (χ0v) is 11.5. The van der Waals surface area contributed by atoms with Crippen LogP contribution < -0.4 is 0 Å². The monoisotopic (exact) mass is 290 g/mol. The van der Waals surface area contributed by atoms with E-state index in [1.54, 1.807) is 0 Å². The van der Waals surface area contributed by atoms with Crippen LogP contribution in [-0.2, 0) is 15.3 Å². The van der Waals surface area contributed by atoms with Gasteiger partial charge in [-0.1, -0.05) is 41.9 Å². The number of halogens is 1. The van der Waals surface area contributed by atoms with Gasteiger partial charge in [-0.3, -0.25) is 0 Å². The predicted molar refractivity (Wildman–Crippen MR) is 66.9 cm³/mol. The van der Waals surface area contributed by atoms with E-state index in [-0.39, 0.29) is 11.2 Å². The van der Waals surface area contributed by atoms with Crippen LogP contribution in [0.3, 0.4) is 0 Å². The van der Waals surface area contributed by atoms with Gasteiger partial charge in [0.2, 0.25) is 0 Å². The molecule has 2 nitrogen and oxygen atoms in total. The van der Waals surface area contributed by atoms with Crippen molar-refractivity contribution in [3.8, 4) is 0 Å². The Morgan fingerprint density at radius 2 is 1.67 bits per heavy atom. The Bertz CT molecular complexity index is 432. The fourth-order valence-corrected chi connectivity index (χ4v) is 3.38. The fraction of sp³-hybridized carbons (Fsp3) is 0.455. The lowest BCUT2D eigenvalue weighted by atomic mass is 9.87. The first kappa shape index (κ1) is 12.7. The van der Waals surface area contributed by atoms with Gasteiger partial charge in [-0.15, -0.1) is 0 Å². The fourth-order valence-electron chi connectivity index (χ4n) is 1.64. The second-order valence-electron chi connectivity index (χ2n) is 4.46. The van der Waals surface area contributed by atoms with E-state index in [0.29, 0.717) is 0 Å². The molecule has 0 aromatic heterocycles. The van der Waals surface area contributed by atoms with Gasteiger partial charge in [0.15, 0.2) is 0 Å². The third-order valence-electron chi connectivity index (χ3n) is 2.25. The summed E-state index contributed by atoms with van der Waals surface area (Å²) in [7, 11) is -2.95. The molecule has 0 N–H and O–H groups in total. The maximum absolute atomic E-state index is 11.3. The maximum atomic E-state index is 11.3. The molecular weight excluding hydrogens is 276 g/mol. The van der Waals surface area contributed by atoms with Gasteiger partial charge in [0.25, 0.3) is 0 Å². The van der Waals surface area contributed by atoms with Crippen molar-refractivity contribution in [1.29, 1.82) is 0 Å². The number of sulfone groups is 1. The highest BCUT2D eigenvalue weighted by atomic mass is 79.9. The van der Waals surface area contributed by atoms with E-state index in [2.05, 4.69) is 15.9 Å². The maximum Gasteiger partial charge on any atom is 0.148 e. The minimum absolute atomic E-state index is 0.168. The van der Waals surface area contributed by atoms with Gasteiger partial charge in [0, 0.05) is 16.1 Å². The third kappa shape index (κ3) is 3.95. The van der Waals surface area contributed by atoms with Crippen molar-refractivity contribution in [3.05, 3.63) is 34.3 Å². The molecule has 0 saturated heterocycles. The van der Waals surface area contributed by atoms with Gasteiger partial charge in [-0.05, 0) is 17.7 Å². The highest BCUT2D eigenvalue weighted by Gasteiger charge is 2.25. The quantitative estimate of drug-likeness (QED) is 0.858. The molecule has 1 aromatic rings. The van der Waals surface area contributed by atoms with Crippen molar-refractivity contribution in [2.24, 2.45) is 0 Å². The van der Waals surface area contributed by atoms with Crippen LogP contribution in [0.1, 0.15) is 19.4 Å². The van der Waals surface area contributed by atoms with Crippen LogP contribution in [0.15, 0.2) is 28.7 Å². The highest BCUT2D eigenvalue weighted by Crippen LogP contribution is 2.26. The van der Waals surface area contributed by atoms with Crippen molar-refractivity contribution >= 4 is 25.8 Å². The topological polar surface area (TPSA) is 34.1 Å². The molecule has 0 amide bonds. The molecule has 0 aliphatic carbocycles. The molecule has 15 heavy (non-hydrogen) atoms. The summed E-state index contributed by atoms with van der Waals surface area (Å²) >= 11 is 3.36. The Kier molecular flexibility index (Phi) is 3.61. The molecule has 0 spiro atoms. The Hall–Kier alpha value is -0.350. The van der Waals surface area contributed by atoms with Gasteiger partial charge < -0.3 is 0 Å². The van der Waals surface area contributed by atoms with Gasteiger partial charge in [0.1, 0.15) is 9.84 Å². The molecule has 0 aliphatic heterocycles. The summed E-state index contributed by atoms with van der Waals surface area (Å²) in [6.45, 7) is 3.88. The molecule has 1 rings (SSSR count). The van der Waals surface area contributed by atoms with Crippen LogP contribution in [0.5, 0.6) is 0 Å². The number of benzene rings is 1. The van der Waals surface area contributed by atoms with E-state index in [1.807, 2.05) is 38.1 Å². The summed E-state index contributed by atoms with van der Waals surface area (Å²) < 4.78 is 23.6. The van der Waals surface area contributed by atoms with E-state index in [0.717, 1.165) is 10.0 Å². The second-order valence-corrected chi connectivity index (χ2v) is 7.52. The molecular formula is C11H15BrO2S. The van der Waals surface area contributed by atoms with Crippen LogP contribution in [0.2, 0.25) is 0 Å². The standard InChI is InChI=1S/C11H15BrO2S/c1-11(2,8-15(3,13)14)9-4-6-10(12)7-5-9/h4-7H,8H2,1-3H3. The molecule has 0 saturated carbocycles. The molecule has 4 heteroatoms. The van der Waals surface area contributed by atoms with Crippen LogP contribution in [0.4, 0.5) is 0 Å². The Balaban J connectivity index is 3.00. The van der Waals surface area contributed by atoms with E-state index >= 15 is 0 Å². The van der Waals surface area contributed by atoms with Gasteiger partial charge >= 0.3 is 0 Å². The average molecular weight is 291 g/mol. The predicted octanol–water partition coefficient (Wildman–Crippen LogP) is 2.77. The molecule has 0 unspecified atom stereocenters. The second kappa shape index (κ2) is 4.26. The van der Waals surface area contributed by atoms with E-state index in [9.17, 15) is 8.42 Å². The van der Waals surface area contributed by atoms with Crippen molar-refractivity contribution in [2.75, 3.05) is 12.0 Å². The number of hydrogen-bond acceptors (Lipinski definition) is 2. The molecule has 0 radical (unpaired) electrons. The first-order valence-corrected chi connectivity index (χ1v) is 7.50. The molecule has 0 heterocycles. The minimum atomic E-state index is -2.95. The first-order chi connectivity index (χ1) is 6.71. The van der Waals surface area contributed by atoms with Crippen molar-refractivity contribution < 1.29 is 8.42 Å². The summed E-state index contributed by atoms with van der Waals surface area (Å²) in [6, 6.07) is 7.77. The van der Waals surface area contributed by atoms with E-state index in [4.69, 9.17) is 0 Å². The number of hydrogen-bond donors (Lipinski definition) is 0. The van der Waals surface area contributed by atoms with Crippen LogP contribution in [-0.4, -0.2) is 20.4 Å². The Labute approximate surface area is 99.7 Å². The molecule has 0 atom stereocenters. The minimum Gasteiger partial charge on any atom is -0.229 e. The summed E-state index contributed by atoms with van der Waals surface area (Å²) in [5.41, 5.74) is 0.699. The van der Waals surface area contributed by atoms with Crippen molar-refractivity contribution in [3.63, 3.8) is 0 Å². The summed E-state index contributed by atoms with van der Waals surface area (Å²) in [5, 5.41) is 0. The zero-order chi connectivity index (χ0) is 11.7.